The average molecular weight is 343 g/mol. The predicted octanol–water partition coefficient (Wildman–Crippen LogP) is 2.67. The standard InChI is InChI=1S/C19H29N5O/c1-16(2)15-25-18-8-6-17(7-9-18)14-22-19(20-3)21-10-4-12-24-13-5-11-23-24/h5-9,11,13,16H,4,10,12,14-15H2,1-3H3,(H2,20,21,22). The van der Waals surface area contributed by atoms with Gasteiger partial charge in [0.1, 0.15) is 5.75 Å². The van der Waals surface area contributed by atoms with Crippen molar-refractivity contribution in [3.63, 3.8) is 0 Å². The van der Waals surface area contributed by atoms with Crippen LogP contribution in [0, 0.1) is 5.92 Å². The molecule has 0 fully saturated rings. The van der Waals surface area contributed by atoms with E-state index in [1.165, 1.54) is 5.56 Å². The molecule has 2 aromatic rings. The summed E-state index contributed by atoms with van der Waals surface area (Å²) in [5, 5.41) is 10.8. The summed E-state index contributed by atoms with van der Waals surface area (Å²) in [6.07, 6.45) is 4.76. The smallest absolute Gasteiger partial charge is 0.191 e. The van der Waals surface area contributed by atoms with Gasteiger partial charge in [0.25, 0.3) is 0 Å². The van der Waals surface area contributed by atoms with Crippen LogP contribution in [0.15, 0.2) is 47.7 Å². The van der Waals surface area contributed by atoms with Crippen molar-refractivity contribution in [2.45, 2.75) is 33.4 Å². The van der Waals surface area contributed by atoms with E-state index in [1.54, 1.807) is 13.2 Å². The van der Waals surface area contributed by atoms with E-state index in [9.17, 15) is 0 Å². The highest BCUT2D eigenvalue weighted by atomic mass is 16.5. The second-order valence-electron chi connectivity index (χ2n) is 6.32. The second kappa shape index (κ2) is 10.4. The number of nitrogens with one attached hydrogen (secondary N) is 2. The van der Waals surface area contributed by atoms with Crippen LogP contribution in [0.1, 0.15) is 25.8 Å². The van der Waals surface area contributed by atoms with Gasteiger partial charge in [0.2, 0.25) is 0 Å². The third-order valence-corrected chi connectivity index (χ3v) is 3.61. The maximum Gasteiger partial charge on any atom is 0.191 e. The lowest BCUT2D eigenvalue weighted by Gasteiger charge is -2.13. The third kappa shape index (κ3) is 7.28. The number of aromatic nitrogens is 2. The van der Waals surface area contributed by atoms with Gasteiger partial charge in [0.15, 0.2) is 5.96 Å². The van der Waals surface area contributed by atoms with Gasteiger partial charge in [-0.1, -0.05) is 26.0 Å². The molecule has 0 saturated carbocycles. The molecule has 0 amide bonds. The minimum absolute atomic E-state index is 0.532. The van der Waals surface area contributed by atoms with Crippen molar-refractivity contribution < 1.29 is 4.74 Å². The number of aliphatic imine (C=N–C) groups is 1. The van der Waals surface area contributed by atoms with E-state index in [0.717, 1.165) is 44.4 Å². The summed E-state index contributed by atoms with van der Waals surface area (Å²) < 4.78 is 7.63. The fraction of sp³-hybridized carbons (Fsp3) is 0.474. The molecule has 1 aromatic carbocycles. The van der Waals surface area contributed by atoms with Gasteiger partial charge in [0.05, 0.1) is 6.61 Å². The zero-order valence-corrected chi connectivity index (χ0v) is 15.4. The van der Waals surface area contributed by atoms with Crippen LogP contribution in [0.25, 0.3) is 0 Å². The van der Waals surface area contributed by atoms with Gasteiger partial charge < -0.3 is 15.4 Å². The molecule has 0 radical (unpaired) electrons. The van der Waals surface area contributed by atoms with E-state index in [4.69, 9.17) is 4.74 Å². The summed E-state index contributed by atoms with van der Waals surface area (Å²) in [5.41, 5.74) is 1.19. The summed E-state index contributed by atoms with van der Waals surface area (Å²) in [5.74, 6) is 2.25. The molecule has 0 aliphatic carbocycles. The molecule has 6 heteroatoms. The molecule has 25 heavy (non-hydrogen) atoms. The highest BCUT2D eigenvalue weighted by Crippen LogP contribution is 2.13. The van der Waals surface area contributed by atoms with E-state index in [-0.39, 0.29) is 0 Å². The Balaban J connectivity index is 1.67. The van der Waals surface area contributed by atoms with Gasteiger partial charge >= 0.3 is 0 Å². The fourth-order valence-electron chi connectivity index (χ4n) is 2.25. The van der Waals surface area contributed by atoms with E-state index >= 15 is 0 Å². The molecule has 0 atom stereocenters. The molecule has 0 spiro atoms. The van der Waals surface area contributed by atoms with E-state index in [1.807, 2.05) is 29.1 Å². The number of hydrogen-bond acceptors (Lipinski definition) is 3. The van der Waals surface area contributed by atoms with Crippen molar-refractivity contribution in [2.75, 3.05) is 20.2 Å². The molecular formula is C19H29N5O. The molecule has 1 heterocycles. The Bertz CT molecular complexity index is 620. The van der Waals surface area contributed by atoms with Crippen molar-refractivity contribution in [3.8, 4) is 5.75 Å². The lowest BCUT2D eigenvalue weighted by molar-refractivity contribution is 0.271. The number of guanidine groups is 1. The molecule has 0 aliphatic rings. The first kappa shape index (κ1) is 18.8. The monoisotopic (exact) mass is 343 g/mol. The minimum atomic E-state index is 0.532. The number of nitrogens with zero attached hydrogens (tertiary/aromatic N) is 3. The Morgan fingerprint density at radius 1 is 1.24 bits per heavy atom. The largest absolute Gasteiger partial charge is 0.493 e. The van der Waals surface area contributed by atoms with E-state index in [0.29, 0.717) is 5.92 Å². The van der Waals surface area contributed by atoms with Crippen molar-refractivity contribution in [2.24, 2.45) is 10.9 Å². The molecule has 2 rings (SSSR count). The summed E-state index contributed by atoms with van der Waals surface area (Å²) >= 11 is 0. The molecule has 1 aromatic heterocycles. The first-order valence-corrected chi connectivity index (χ1v) is 8.81. The molecular weight excluding hydrogens is 314 g/mol. The molecule has 2 N–H and O–H groups in total. The van der Waals surface area contributed by atoms with Gasteiger partial charge in [0, 0.05) is 39.1 Å². The second-order valence-corrected chi connectivity index (χ2v) is 6.32. The van der Waals surface area contributed by atoms with Crippen LogP contribution < -0.4 is 15.4 Å². The highest BCUT2D eigenvalue weighted by Gasteiger charge is 2.00. The van der Waals surface area contributed by atoms with Crippen LogP contribution in [0.2, 0.25) is 0 Å². The summed E-state index contributed by atoms with van der Waals surface area (Å²) in [6.45, 7) is 7.50. The quantitative estimate of drug-likeness (QED) is 0.417. The van der Waals surface area contributed by atoms with Crippen molar-refractivity contribution >= 4 is 5.96 Å². The third-order valence-electron chi connectivity index (χ3n) is 3.61. The Labute approximate surface area is 150 Å². The van der Waals surface area contributed by atoms with Crippen LogP contribution in [0.5, 0.6) is 5.75 Å². The Kier molecular flexibility index (Phi) is 7.82. The molecule has 136 valence electrons. The number of ether oxygens (including phenoxy) is 1. The van der Waals surface area contributed by atoms with Crippen LogP contribution in [-0.4, -0.2) is 35.9 Å². The first-order valence-electron chi connectivity index (χ1n) is 8.81. The van der Waals surface area contributed by atoms with E-state index < -0.39 is 0 Å². The highest BCUT2D eigenvalue weighted by molar-refractivity contribution is 5.79. The average Bonchev–Trinajstić information content (AvgIpc) is 3.13. The zero-order valence-electron chi connectivity index (χ0n) is 15.4. The van der Waals surface area contributed by atoms with Crippen molar-refractivity contribution in [1.82, 2.24) is 20.4 Å². The number of rotatable bonds is 9. The van der Waals surface area contributed by atoms with Crippen LogP contribution >= 0.6 is 0 Å². The Hall–Kier alpha value is -2.50. The zero-order chi connectivity index (χ0) is 17.9. The van der Waals surface area contributed by atoms with Crippen LogP contribution in [0.4, 0.5) is 0 Å². The first-order chi connectivity index (χ1) is 12.2. The van der Waals surface area contributed by atoms with Crippen LogP contribution in [-0.2, 0) is 13.1 Å². The van der Waals surface area contributed by atoms with Crippen molar-refractivity contribution in [1.29, 1.82) is 0 Å². The van der Waals surface area contributed by atoms with Crippen molar-refractivity contribution in [3.05, 3.63) is 48.3 Å². The topological polar surface area (TPSA) is 63.5 Å². The lowest BCUT2D eigenvalue weighted by atomic mass is 10.2. The van der Waals surface area contributed by atoms with Gasteiger partial charge in [-0.25, -0.2) is 0 Å². The maximum absolute atomic E-state index is 5.70. The number of benzene rings is 1. The molecule has 0 unspecified atom stereocenters. The van der Waals surface area contributed by atoms with Gasteiger partial charge in [-0.2, -0.15) is 5.10 Å². The van der Waals surface area contributed by atoms with E-state index in [2.05, 4.69) is 46.7 Å². The molecule has 6 nitrogen and oxygen atoms in total. The number of aryl methyl sites for hydroxylation is 1. The summed E-state index contributed by atoms with van der Waals surface area (Å²) in [4.78, 5) is 4.25. The molecule has 0 bridgehead atoms. The van der Waals surface area contributed by atoms with Crippen LogP contribution in [0.3, 0.4) is 0 Å². The minimum Gasteiger partial charge on any atom is -0.493 e. The van der Waals surface area contributed by atoms with Gasteiger partial charge in [-0.3, -0.25) is 9.67 Å². The lowest BCUT2D eigenvalue weighted by Crippen LogP contribution is -2.37. The Morgan fingerprint density at radius 2 is 2.04 bits per heavy atom. The Morgan fingerprint density at radius 3 is 2.68 bits per heavy atom. The van der Waals surface area contributed by atoms with Gasteiger partial charge in [-0.05, 0) is 36.1 Å². The number of hydrogen-bond donors (Lipinski definition) is 2. The predicted molar refractivity (Wildman–Crippen MR) is 102 cm³/mol. The molecule has 0 aliphatic heterocycles. The normalized spacial score (nSPS) is 11.6. The fourth-order valence-corrected chi connectivity index (χ4v) is 2.25. The molecule has 0 saturated heterocycles. The SMILES string of the molecule is CN=C(NCCCn1cccn1)NCc1ccc(OCC(C)C)cc1. The summed E-state index contributed by atoms with van der Waals surface area (Å²) in [6, 6.07) is 10.1. The van der Waals surface area contributed by atoms with Gasteiger partial charge in [-0.15, -0.1) is 0 Å². The summed E-state index contributed by atoms with van der Waals surface area (Å²) in [7, 11) is 1.78. The maximum atomic E-state index is 5.70.